The second-order valence-corrected chi connectivity index (χ2v) is 8.54. The molecule has 0 radical (unpaired) electrons. The molecule has 0 spiro atoms. The minimum absolute atomic E-state index is 0.0338. The van der Waals surface area contributed by atoms with E-state index >= 15 is 0 Å². The Morgan fingerprint density at radius 1 is 0.750 bits per heavy atom. The summed E-state index contributed by atoms with van der Waals surface area (Å²) in [5.41, 5.74) is 2.09. The van der Waals surface area contributed by atoms with Gasteiger partial charge in [-0.3, -0.25) is 19.4 Å². The van der Waals surface area contributed by atoms with E-state index in [1.165, 1.54) is 0 Å². The number of carboxylic acid groups (broad SMARTS) is 2. The first-order chi connectivity index (χ1) is 15.0. The average Bonchev–Trinajstić information content (AvgIpc) is 2.66. The highest BCUT2D eigenvalue weighted by Gasteiger charge is 2.19. The third-order valence-electron chi connectivity index (χ3n) is 4.93. The molecule has 2 rings (SSSR count). The maximum atomic E-state index is 11.4. The van der Waals surface area contributed by atoms with E-state index in [9.17, 15) is 30.0 Å². The second-order valence-electron chi connectivity index (χ2n) is 7.67. The lowest BCUT2D eigenvalue weighted by atomic mass is 10.1. The summed E-state index contributed by atoms with van der Waals surface area (Å²) in [6.45, 7) is 3.39. The number of aryl methyl sites for hydroxylation is 2. The zero-order valence-electron chi connectivity index (χ0n) is 17.8. The van der Waals surface area contributed by atoms with Gasteiger partial charge in [0.15, 0.2) is 0 Å². The number of benzene rings is 2. The number of phenolic OH excluding ortho intramolecular Hbond substituents is 2. The van der Waals surface area contributed by atoms with Gasteiger partial charge in [0, 0.05) is 47.4 Å². The number of nitrogens with zero attached hydrogens (tertiary/aromatic N) is 2. The van der Waals surface area contributed by atoms with Crippen molar-refractivity contribution in [2.75, 3.05) is 26.2 Å². The van der Waals surface area contributed by atoms with Crippen LogP contribution in [0.25, 0.3) is 0 Å². The summed E-state index contributed by atoms with van der Waals surface area (Å²) in [5, 5.41) is 40.1. The molecule has 10 heteroatoms. The summed E-state index contributed by atoms with van der Waals surface area (Å²) in [7, 11) is 0. The van der Waals surface area contributed by atoms with Gasteiger partial charge in [0.25, 0.3) is 0 Å². The third kappa shape index (κ3) is 7.56. The number of halogens is 2. The van der Waals surface area contributed by atoms with Gasteiger partial charge in [-0.25, -0.2) is 0 Å². The summed E-state index contributed by atoms with van der Waals surface area (Å²) >= 11 is 12.1. The summed E-state index contributed by atoms with van der Waals surface area (Å²) < 4.78 is 0. The van der Waals surface area contributed by atoms with Gasteiger partial charge in [-0.2, -0.15) is 0 Å². The van der Waals surface area contributed by atoms with Crippen LogP contribution in [0.15, 0.2) is 24.3 Å². The predicted octanol–water partition coefficient (Wildman–Crippen LogP) is 3.49. The Kier molecular flexibility index (Phi) is 9.15. The van der Waals surface area contributed by atoms with Crippen molar-refractivity contribution in [1.29, 1.82) is 0 Å². The van der Waals surface area contributed by atoms with Gasteiger partial charge in [0.05, 0.1) is 13.1 Å². The SMILES string of the molecule is Cc1cc(Cl)cc(CN(CCN(CC(=O)O)Cc2cc(Cl)cc(C)c2O)CC(=O)O)c1O. The summed E-state index contributed by atoms with van der Waals surface area (Å²) in [4.78, 5) is 25.9. The largest absolute Gasteiger partial charge is 0.507 e. The second kappa shape index (κ2) is 11.4. The van der Waals surface area contributed by atoms with E-state index < -0.39 is 11.9 Å². The molecule has 0 aliphatic carbocycles. The predicted molar refractivity (Wildman–Crippen MR) is 122 cm³/mol. The Labute approximate surface area is 196 Å². The van der Waals surface area contributed by atoms with E-state index in [1.54, 1.807) is 47.9 Å². The average molecular weight is 485 g/mol. The monoisotopic (exact) mass is 484 g/mol. The van der Waals surface area contributed by atoms with Crippen molar-refractivity contribution in [3.8, 4) is 11.5 Å². The number of carbonyl (C=O) groups is 2. The molecule has 0 aliphatic heterocycles. The van der Waals surface area contributed by atoms with Crippen LogP contribution in [0.2, 0.25) is 10.0 Å². The van der Waals surface area contributed by atoms with Crippen LogP contribution in [0.5, 0.6) is 11.5 Å². The van der Waals surface area contributed by atoms with E-state index in [2.05, 4.69) is 0 Å². The molecule has 32 heavy (non-hydrogen) atoms. The standard InChI is InChI=1S/C22H26Cl2N2O6/c1-13-5-17(23)7-15(21(13)31)9-25(11-19(27)28)3-4-26(12-20(29)30)10-16-8-18(24)6-14(2)22(16)32/h5-8,31-32H,3-4,9-12H2,1-2H3,(H,27,28)(H,29,30). The minimum atomic E-state index is -1.06. The quantitative estimate of drug-likeness (QED) is 0.382. The molecule has 0 aliphatic rings. The summed E-state index contributed by atoms with van der Waals surface area (Å²) in [6, 6.07) is 6.35. The Morgan fingerprint density at radius 2 is 1.09 bits per heavy atom. The first-order valence-electron chi connectivity index (χ1n) is 9.80. The summed E-state index contributed by atoms with van der Waals surface area (Å²) in [5.74, 6) is -2.05. The molecule has 0 aromatic heterocycles. The molecule has 0 heterocycles. The molecule has 0 atom stereocenters. The minimum Gasteiger partial charge on any atom is -0.507 e. The molecular weight excluding hydrogens is 459 g/mol. The number of phenols is 2. The van der Waals surface area contributed by atoms with Crippen molar-refractivity contribution in [1.82, 2.24) is 9.80 Å². The highest BCUT2D eigenvalue weighted by Crippen LogP contribution is 2.29. The molecule has 0 unspecified atom stereocenters. The van der Waals surface area contributed by atoms with Gasteiger partial charge in [0.2, 0.25) is 0 Å². The van der Waals surface area contributed by atoms with Gasteiger partial charge >= 0.3 is 11.9 Å². The first-order valence-corrected chi connectivity index (χ1v) is 10.6. The Bertz CT molecular complexity index is 919. The van der Waals surface area contributed by atoms with Crippen molar-refractivity contribution < 1.29 is 30.0 Å². The van der Waals surface area contributed by atoms with Crippen molar-refractivity contribution in [2.24, 2.45) is 0 Å². The smallest absolute Gasteiger partial charge is 0.317 e. The van der Waals surface area contributed by atoms with E-state index in [1.807, 2.05) is 0 Å². The number of carboxylic acids is 2. The van der Waals surface area contributed by atoms with E-state index in [0.717, 1.165) is 0 Å². The van der Waals surface area contributed by atoms with Gasteiger partial charge in [-0.1, -0.05) is 23.2 Å². The van der Waals surface area contributed by atoms with Crippen molar-refractivity contribution >= 4 is 35.1 Å². The molecule has 8 nitrogen and oxygen atoms in total. The van der Waals surface area contributed by atoms with Gasteiger partial charge in [-0.05, 0) is 49.2 Å². The first kappa shape index (κ1) is 25.7. The highest BCUT2D eigenvalue weighted by molar-refractivity contribution is 6.31. The fourth-order valence-corrected chi connectivity index (χ4v) is 4.02. The zero-order chi connectivity index (χ0) is 24.0. The maximum Gasteiger partial charge on any atom is 0.317 e. The zero-order valence-corrected chi connectivity index (χ0v) is 19.3. The lowest BCUT2D eigenvalue weighted by molar-refractivity contribution is -0.140. The van der Waals surface area contributed by atoms with Crippen LogP contribution in [0.1, 0.15) is 22.3 Å². The van der Waals surface area contributed by atoms with E-state index in [4.69, 9.17) is 23.2 Å². The topological polar surface area (TPSA) is 122 Å². The molecule has 2 aromatic carbocycles. The molecule has 2 aromatic rings. The van der Waals surface area contributed by atoms with Crippen LogP contribution < -0.4 is 0 Å². The van der Waals surface area contributed by atoms with Crippen LogP contribution in [0.3, 0.4) is 0 Å². The molecule has 4 N–H and O–H groups in total. The molecule has 0 saturated heterocycles. The van der Waals surface area contributed by atoms with Crippen molar-refractivity contribution in [3.63, 3.8) is 0 Å². The van der Waals surface area contributed by atoms with Crippen molar-refractivity contribution in [3.05, 3.63) is 56.6 Å². The molecule has 0 saturated carbocycles. The number of hydrogen-bond acceptors (Lipinski definition) is 6. The fraction of sp³-hybridized carbons (Fsp3) is 0.364. The van der Waals surface area contributed by atoms with Crippen LogP contribution in [0.4, 0.5) is 0 Å². The van der Waals surface area contributed by atoms with Gasteiger partial charge in [0.1, 0.15) is 11.5 Å². The number of aliphatic carboxylic acids is 2. The molecule has 174 valence electrons. The van der Waals surface area contributed by atoms with E-state index in [-0.39, 0.29) is 50.8 Å². The Balaban J connectivity index is 2.20. The Morgan fingerprint density at radius 3 is 1.41 bits per heavy atom. The lowest BCUT2D eigenvalue weighted by Gasteiger charge is -2.27. The fourth-order valence-electron chi connectivity index (χ4n) is 3.43. The van der Waals surface area contributed by atoms with Crippen molar-refractivity contribution in [2.45, 2.75) is 26.9 Å². The van der Waals surface area contributed by atoms with Gasteiger partial charge < -0.3 is 20.4 Å². The number of hydrogen-bond donors (Lipinski definition) is 4. The highest BCUT2D eigenvalue weighted by atomic mass is 35.5. The molecule has 0 fully saturated rings. The van der Waals surface area contributed by atoms with Crippen LogP contribution in [0, 0.1) is 13.8 Å². The van der Waals surface area contributed by atoms with Crippen LogP contribution in [-0.4, -0.2) is 68.3 Å². The van der Waals surface area contributed by atoms with Gasteiger partial charge in [-0.15, -0.1) is 0 Å². The maximum absolute atomic E-state index is 11.4. The molecule has 0 amide bonds. The normalized spacial score (nSPS) is 11.3. The summed E-state index contributed by atoms with van der Waals surface area (Å²) in [6.07, 6.45) is 0. The lowest BCUT2D eigenvalue weighted by Crippen LogP contribution is -2.39. The molecule has 0 bridgehead atoms. The molecular formula is C22H26Cl2N2O6. The van der Waals surface area contributed by atoms with Crippen LogP contribution in [-0.2, 0) is 22.7 Å². The number of aromatic hydroxyl groups is 2. The van der Waals surface area contributed by atoms with E-state index in [0.29, 0.717) is 32.3 Å². The van der Waals surface area contributed by atoms with Crippen LogP contribution >= 0.6 is 23.2 Å². The Hall–Kier alpha value is -2.52. The number of rotatable bonds is 11. The third-order valence-corrected chi connectivity index (χ3v) is 5.36.